The Hall–Kier alpha value is -1.39. The van der Waals surface area contributed by atoms with Crippen LogP contribution in [0.3, 0.4) is 0 Å². The number of ether oxygens (including phenoxy) is 1. The fourth-order valence-corrected chi connectivity index (χ4v) is 3.49. The molecule has 1 aliphatic heterocycles. The molecule has 1 heterocycles. The lowest BCUT2D eigenvalue weighted by molar-refractivity contribution is -0.123. The van der Waals surface area contributed by atoms with E-state index in [0.29, 0.717) is 12.5 Å². The predicted molar refractivity (Wildman–Crippen MR) is 91.1 cm³/mol. The molecule has 0 spiro atoms. The van der Waals surface area contributed by atoms with E-state index in [2.05, 4.69) is 48.7 Å². The van der Waals surface area contributed by atoms with Gasteiger partial charge in [-0.3, -0.25) is 4.79 Å². The Bertz CT molecular complexity index is 525. The Balaban J connectivity index is 1.63. The lowest BCUT2D eigenvalue weighted by Gasteiger charge is -2.40. The molecule has 2 fully saturated rings. The number of rotatable bonds is 6. The van der Waals surface area contributed by atoms with Gasteiger partial charge in [-0.15, -0.1) is 0 Å². The minimum atomic E-state index is -0.0682. The smallest absolute Gasteiger partial charge is 0.223 e. The van der Waals surface area contributed by atoms with Crippen LogP contribution in [0.2, 0.25) is 0 Å². The molecule has 1 aromatic carbocycles. The SMILES string of the molecule is C[C@H](NC1(CNC(=O)[C@H]2C[C@@H]2C)CCOCC1)c1ccccc1. The first kappa shape index (κ1) is 16.5. The molecule has 0 radical (unpaired) electrons. The van der Waals surface area contributed by atoms with Gasteiger partial charge < -0.3 is 15.4 Å². The summed E-state index contributed by atoms with van der Waals surface area (Å²) in [6, 6.07) is 10.7. The van der Waals surface area contributed by atoms with Crippen molar-refractivity contribution in [3.63, 3.8) is 0 Å². The van der Waals surface area contributed by atoms with Crippen molar-refractivity contribution in [2.24, 2.45) is 11.8 Å². The molecular formula is C19H28N2O2. The van der Waals surface area contributed by atoms with Crippen LogP contribution in [-0.4, -0.2) is 31.2 Å². The molecule has 4 heteroatoms. The third-order valence-electron chi connectivity index (χ3n) is 5.32. The molecule has 4 nitrogen and oxygen atoms in total. The number of carbonyl (C=O) groups is 1. The van der Waals surface area contributed by atoms with Gasteiger partial charge in [-0.25, -0.2) is 0 Å². The zero-order valence-electron chi connectivity index (χ0n) is 14.2. The molecule has 3 rings (SSSR count). The first-order chi connectivity index (χ1) is 11.1. The quantitative estimate of drug-likeness (QED) is 0.848. The van der Waals surface area contributed by atoms with E-state index in [0.717, 1.165) is 32.5 Å². The zero-order valence-corrected chi connectivity index (χ0v) is 14.2. The highest BCUT2D eigenvalue weighted by Gasteiger charge is 2.41. The minimum absolute atomic E-state index is 0.0682. The van der Waals surface area contributed by atoms with Crippen LogP contribution in [0.5, 0.6) is 0 Å². The monoisotopic (exact) mass is 316 g/mol. The van der Waals surface area contributed by atoms with Crippen molar-refractivity contribution in [2.45, 2.75) is 44.7 Å². The van der Waals surface area contributed by atoms with Crippen LogP contribution < -0.4 is 10.6 Å². The molecule has 1 aromatic rings. The fraction of sp³-hybridized carbons (Fsp3) is 0.632. The molecular weight excluding hydrogens is 288 g/mol. The Kier molecular flexibility index (Phi) is 5.02. The summed E-state index contributed by atoms with van der Waals surface area (Å²) in [6.45, 7) is 6.53. The van der Waals surface area contributed by atoms with Gasteiger partial charge in [0.25, 0.3) is 0 Å². The molecule has 1 saturated heterocycles. The highest BCUT2D eigenvalue weighted by Crippen LogP contribution is 2.37. The van der Waals surface area contributed by atoms with Crippen molar-refractivity contribution in [2.75, 3.05) is 19.8 Å². The minimum Gasteiger partial charge on any atom is -0.381 e. The number of hydrogen-bond acceptors (Lipinski definition) is 3. The van der Waals surface area contributed by atoms with Crippen LogP contribution >= 0.6 is 0 Å². The molecule has 0 aromatic heterocycles. The van der Waals surface area contributed by atoms with E-state index in [1.54, 1.807) is 0 Å². The van der Waals surface area contributed by atoms with Gasteiger partial charge in [0.1, 0.15) is 0 Å². The summed E-state index contributed by atoms with van der Waals surface area (Å²) in [7, 11) is 0. The standard InChI is InChI=1S/C19H28N2O2/c1-14-12-17(14)18(22)20-13-19(8-10-23-11-9-19)21-15(2)16-6-4-3-5-7-16/h3-7,14-15,17,21H,8-13H2,1-2H3,(H,20,22)/t14-,15-,17-/m0/s1. The molecule has 0 unspecified atom stereocenters. The molecule has 1 saturated carbocycles. The summed E-state index contributed by atoms with van der Waals surface area (Å²) in [5.41, 5.74) is 1.21. The Labute approximate surface area is 139 Å². The number of amides is 1. The fourth-order valence-electron chi connectivity index (χ4n) is 3.49. The summed E-state index contributed by atoms with van der Waals surface area (Å²) >= 11 is 0. The van der Waals surface area contributed by atoms with E-state index >= 15 is 0 Å². The molecule has 1 amide bonds. The van der Waals surface area contributed by atoms with Gasteiger partial charge in [0.05, 0.1) is 0 Å². The summed E-state index contributed by atoms with van der Waals surface area (Å²) in [5, 5.41) is 6.97. The van der Waals surface area contributed by atoms with Gasteiger partial charge in [0.15, 0.2) is 0 Å². The average molecular weight is 316 g/mol. The summed E-state index contributed by atoms with van der Waals surface area (Å²) in [6.07, 6.45) is 2.91. The van der Waals surface area contributed by atoms with Crippen LogP contribution in [0, 0.1) is 11.8 Å². The summed E-state index contributed by atoms with van der Waals surface area (Å²) in [4.78, 5) is 12.2. The zero-order chi connectivity index (χ0) is 16.3. The van der Waals surface area contributed by atoms with Gasteiger partial charge in [-0.05, 0) is 37.7 Å². The van der Waals surface area contributed by atoms with Crippen LogP contribution in [0.4, 0.5) is 0 Å². The molecule has 23 heavy (non-hydrogen) atoms. The lowest BCUT2D eigenvalue weighted by atomic mass is 9.88. The van der Waals surface area contributed by atoms with E-state index < -0.39 is 0 Å². The van der Waals surface area contributed by atoms with Gasteiger partial charge in [0, 0.05) is 37.3 Å². The molecule has 2 N–H and O–H groups in total. The van der Waals surface area contributed by atoms with E-state index in [4.69, 9.17) is 4.74 Å². The maximum atomic E-state index is 12.2. The van der Waals surface area contributed by atoms with Crippen molar-refractivity contribution in [1.29, 1.82) is 0 Å². The van der Waals surface area contributed by atoms with Gasteiger partial charge >= 0.3 is 0 Å². The highest BCUT2D eigenvalue weighted by atomic mass is 16.5. The molecule has 0 bridgehead atoms. The van der Waals surface area contributed by atoms with Crippen molar-refractivity contribution in [3.05, 3.63) is 35.9 Å². The van der Waals surface area contributed by atoms with Crippen LogP contribution in [-0.2, 0) is 9.53 Å². The van der Waals surface area contributed by atoms with Crippen molar-refractivity contribution in [1.82, 2.24) is 10.6 Å². The van der Waals surface area contributed by atoms with Crippen molar-refractivity contribution < 1.29 is 9.53 Å². The Morgan fingerprint density at radius 3 is 2.57 bits per heavy atom. The summed E-state index contributed by atoms with van der Waals surface area (Å²) in [5.74, 6) is 1.01. The van der Waals surface area contributed by atoms with Crippen LogP contribution in [0.25, 0.3) is 0 Å². The largest absolute Gasteiger partial charge is 0.381 e. The van der Waals surface area contributed by atoms with Crippen LogP contribution in [0.1, 0.15) is 44.7 Å². The van der Waals surface area contributed by atoms with Gasteiger partial charge in [-0.1, -0.05) is 37.3 Å². The second-order valence-corrected chi connectivity index (χ2v) is 7.21. The lowest BCUT2D eigenvalue weighted by Crippen LogP contribution is -2.57. The highest BCUT2D eigenvalue weighted by molar-refractivity contribution is 5.81. The normalized spacial score (nSPS) is 27.2. The molecule has 2 aliphatic rings. The second-order valence-electron chi connectivity index (χ2n) is 7.21. The maximum Gasteiger partial charge on any atom is 0.223 e. The number of benzene rings is 1. The van der Waals surface area contributed by atoms with E-state index in [1.807, 2.05) is 6.07 Å². The van der Waals surface area contributed by atoms with Crippen molar-refractivity contribution in [3.8, 4) is 0 Å². The summed E-state index contributed by atoms with van der Waals surface area (Å²) < 4.78 is 5.54. The number of carbonyl (C=O) groups excluding carboxylic acids is 1. The first-order valence-corrected chi connectivity index (χ1v) is 8.78. The van der Waals surface area contributed by atoms with E-state index in [1.165, 1.54) is 5.56 Å². The topological polar surface area (TPSA) is 50.4 Å². The number of hydrogen-bond donors (Lipinski definition) is 2. The predicted octanol–water partition coefficient (Wildman–Crippen LogP) is 2.66. The second kappa shape index (κ2) is 7.02. The third kappa shape index (κ3) is 4.12. The Morgan fingerprint density at radius 1 is 1.30 bits per heavy atom. The van der Waals surface area contributed by atoms with Crippen molar-refractivity contribution >= 4 is 5.91 Å². The first-order valence-electron chi connectivity index (χ1n) is 8.78. The molecule has 1 aliphatic carbocycles. The molecule has 3 atom stereocenters. The number of nitrogens with one attached hydrogen (secondary N) is 2. The van der Waals surface area contributed by atoms with E-state index in [9.17, 15) is 4.79 Å². The van der Waals surface area contributed by atoms with Gasteiger partial charge in [-0.2, -0.15) is 0 Å². The van der Waals surface area contributed by atoms with E-state index in [-0.39, 0.29) is 23.4 Å². The Morgan fingerprint density at radius 2 is 1.96 bits per heavy atom. The van der Waals surface area contributed by atoms with Crippen LogP contribution in [0.15, 0.2) is 30.3 Å². The maximum absolute atomic E-state index is 12.2. The average Bonchev–Trinajstić information content (AvgIpc) is 3.31. The molecule has 126 valence electrons. The third-order valence-corrected chi connectivity index (χ3v) is 5.32. The van der Waals surface area contributed by atoms with Gasteiger partial charge in [0.2, 0.25) is 5.91 Å².